The van der Waals surface area contributed by atoms with E-state index in [1.54, 1.807) is 5.32 Å². The number of amides is 1. The lowest BCUT2D eigenvalue weighted by molar-refractivity contribution is -0.140. The van der Waals surface area contributed by atoms with E-state index in [0.717, 1.165) is 24.2 Å². The van der Waals surface area contributed by atoms with E-state index in [9.17, 15) is 31.2 Å². The number of esters is 1. The third-order valence-electron chi connectivity index (χ3n) is 3.32. The number of halogens is 3. The van der Waals surface area contributed by atoms with Gasteiger partial charge in [0.1, 0.15) is 16.3 Å². The monoisotopic (exact) mass is 400 g/mol. The van der Waals surface area contributed by atoms with Crippen LogP contribution in [0.5, 0.6) is 0 Å². The average Bonchev–Trinajstić information content (AvgIpc) is 3.20. The lowest BCUT2D eigenvalue weighted by Gasteiger charge is -2.15. The first kappa shape index (κ1) is 19.7. The van der Waals surface area contributed by atoms with Crippen LogP contribution < -0.4 is 5.32 Å². The van der Waals surface area contributed by atoms with Crippen molar-refractivity contribution in [3.05, 3.63) is 16.3 Å². The summed E-state index contributed by atoms with van der Waals surface area (Å²) in [4.78, 5) is 22.8. The maximum absolute atomic E-state index is 12.5. The zero-order chi connectivity index (χ0) is 18.7. The number of sulfonamides is 1. The minimum Gasteiger partial charge on any atom is -0.451 e. The van der Waals surface area contributed by atoms with Gasteiger partial charge >= 0.3 is 12.1 Å². The summed E-state index contributed by atoms with van der Waals surface area (Å²) in [6.07, 6.45) is -3.13. The predicted octanol–water partition coefficient (Wildman–Crippen LogP) is 1.37. The molecule has 0 aromatic carbocycles. The Morgan fingerprint density at radius 2 is 1.92 bits per heavy atom. The largest absolute Gasteiger partial charge is 0.451 e. The van der Waals surface area contributed by atoms with Crippen LogP contribution in [0.25, 0.3) is 0 Å². The van der Waals surface area contributed by atoms with Crippen LogP contribution in [0, 0.1) is 0 Å². The number of rotatable bonds is 6. The van der Waals surface area contributed by atoms with Crippen molar-refractivity contribution in [1.82, 2.24) is 9.62 Å². The second kappa shape index (κ2) is 7.70. The van der Waals surface area contributed by atoms with Crippen molar-refractivity contribution in [3.8, 4) is 0 Å². The van der Waals surface area contributed by atoms with Crippen LogP contribution in [0.4, 0.5) is 13.2 Å². The number of hydrogen-bond acceptors (Lipinski definition) is 6. The summed E-state index contributed by atoms with van der Waals surface area (Å²) >= 11 is 0.821. The molecule has 1 aromatic heterocycles. The molecular formula is C13H15F3N2O5S2. The molecule has 2 rings (SSSR count). The van der Waals surface area contributed by atoms with Crippen molar-refractivity contribution in [2.45, 2.75) is 23.9 Å². The second-order valence-electron chi connectivity index (χ2n) is 5.19. The van der Waals surface area contributed by atoms with E-state index < -0.39 is 41.2 Å². The Morgan fingerprint density at radius 1 is 1.28 bits per heavy atom. The van der Waals surface area contributed by atoms with Gasteiger partial charge in [-0.15, -0.1) is 11.3 Å². The van der Waals surface area contributed by atoms with Crippen LogP contribution in [0.2, 0.25) is 0 Å². The predicted molar refractivity (Wildman–Crippen MR) is 81.7 cm³/mol. The Balaban J connectivity index is 1.99. The summed E-state index contributed by atoms with van der Waals surface area (Å²) in [5.74, 6) is -2.21. The summed E-state index contributed by atoms with van der Waals surface area (Å²) < 4.78 is 66.8. The Labute approximate surface area is 145 Å². The molecule has 1 aromatic rings. The molecule has 1 N–H and O–H groups in total. The van der Waals surface area contributed by atoms with Crippen LogP contribution in [0.15, 0.2) is 16.3 Å². The SMILES string of the molecule is O=C(COC(=O)c1sccc1S(=O)(=O)N1CCCC1)NCC(F)(F)F. The molecule has 0 aliphatic carbocycles. The number of thiophene rings is 1. The molecule has 2 heterocycles. The molecule has 1 aliphatic heterocycles. The summed E-state index contributed by atoms with van der Waals surface area (Å²) in [6, 6.07) is 1.26. The summed E-state index contributed by atoms with van der Waals surface area (Å²) in [5.41, 5.74) is 0. The fourth-order valence-corrected chi connectivity index (χ4v) is 4.96. The number of nitrogens with one attached hydrogen (secondary N) is 1. The zero-order valence-electron chi connectivity index (χ0n) is 12.8. The zero-order valence-corrected chi connectivity index (χ0v) is 14.5. The van der Waals surface area contributed by atoms with Crippen molar-refractivity contribution in [3.63, 3.8) is 0 Å². The Bertz CT molecular complexity index is 739. The fourth-order valence-electron chi connectivity index (χ4n) is 2.16. The van der Waals surface area contributed by atoms with Gasteiger partial charge in [-0.1, -0.05) is 0 Å². The third kappa shape index (κ3) is 5.16. The number of carbonyl (C=O) groups excluding carboxylic acids is 2. The van der Waals surface area contributed by atoms with Gasteiger partial charge in [0.15, 0.2) is 6.61 Å². The summed E-state index contributed by atoms with van der Waals surface area (Å²) in [7, 11) is -3.85. The van der Waals surface area contributed by atoms with E-state index in [1.807, 2.05) is 0 Å². The standard InChI is InChI=1S/C13H15F3N2O5S2/c14-13(15,16)8-17-10(19)7-23-12(20)11-9(3-6-24-11)25(21,22)18-4-1-2-5-18/h3,6H,1-2,4-5,7-8H2,(H,17,19). The van der Waals surface area contributed by atoms with Gasteiger partial charge in [-0.2, -0.15) is 17.5 Å². The minimum absolute atomic E-state index is 0.212. The van der Waals surface area contributed by atoms with Crippen molar-refractivity contribution in [2.24, 2.45) is 0 Å². The highest BCUT2D eigenvalue weighted by molar-refractivity contribution is 7.89. The molecule has 12 heteroatoms. The van der Waals surface area contributed by atoms with Gasteiger partial charge in [0.25, 0.3) is 5.91 Å². The Morgan fingerprint density at radius 3 is 2.52 bits per heavy atom. The molecule has 7 nitrogen and oxygen atoms in total. The molecule has 1 fully saturated rings. The lowest BCUT2D eigenvalue weighted by atomic mass is 10.4. The molecule has 0 atom stereocenters. The van der Waals surface area contributed by atoms with Gasteiger partial charge < -0.3 is 10.1 Å². The van der Waals surface area contributed by atoms with Crippen LogP contribution in [0.3, 0.4) is 0 Å². The maximum atomic E-state index is 12.5. The van der Waals surface area contributed by atoms with Crippen LogP contribution in [-0.4, -0.2) is 57.0 Å². The molecule has 1 amide bonds. The van der Waals surface area contributed by atoms with Gasteiger partial charge in [0, 0.05) is 13.1 Å². The van der Waals surface area contributed by atoms with Crippen LogP contribution in [0.1, 0.15) is 22.5 Å². The average molecular weight is 400 g/mol. The maximum Gasteiger partial charge on any atom is 0.405 e. The van der Waals surface area contributed by atoms with Crippen LogP contribution in [-0.2, 0) is 19.6 Å². The second-order valence-corrected chi connectivity index (χ2v) is 8.02. The summed E-state index contributed by atoms with van der Waals surface area (Å²) in [5, 5.41) is 2.94. The van der Waals surface area contributed by atoms with E-state index >= 15 is 0 Å². The normalized spacial score (nSPS) is 16.0. The highest BCUT2D eigenvalue weighted by Gasteiger charge is 2.32. The van der Waals surface area contributed by atoms with E-state index in [-0.39, 0.29) is 9.77 Å². The third-order valence-corrected chi connectivity index (χ3v) is 6.28. The van der Waals surface area contributed by atoms with Crippen molar-refractivity contribution in [2.75, 3.05) is 26.2 Å². The van der Waals surface area contributed by atoms with E-state index in [2.05, 4.69) is 4.74 Å². The molecule has 0 bridgehead atoms. The van der Waals surface area contributed by atoms with E-state index in [1.165, 1.54) is 15.8 Å². The van der Waals surface area contributed by atoms with Crippen LogP contribution >= 0.6 is 11.3 Å². The first-order valence-corrected chi connectivity index (χ1v) is 9.51. The number of hydrogen-bond donors (Lipinski definition) is 1. The first-order chi connectivity index (χ1) is 11.6. The molecule has 1 aliphatic rings. The highest BCUT2D eigenvalue weighted by atomic mass is 32.2. The number of ether oxygens (including phenoxy) is 1. The molecule has 1 saturated heterocycles. The molecule has 25 heavy (non-hydrogen) atoms. The molecular weight excluding hydrogens is 385 g/mol. The minimum atomic E-state index is -4.58. The number of carbonyl (C=O) groups is 2. The smallest absolute Gasteiger partial charge is 0.405 e. The molecule has 0 saturated carbocycles. The lowest BCUT2D eigenvalue weighted by Crippen LogP contribution is -2.36. The van der Waals surface area contributed by atoms with E-state index in [4.69, 9.17) is 0 Å². The topological polar surface area (TPSA) is 92.8 Å². The van der Waals surface area contributed by atoms with Crippen molar-refractivity contribution in [1.29, 1.82) is 0 Å². The first-order valence-electron chi connectivity index (χ1n) is 7.19. The Hall–Kier alpha value is -1.66. The molecule has 140 valence electrons. The molecule has 0 unspecified atom stereocenters. The van der Waals surface area contributed by atoms with Gasteiger partial charge in [0.2, 0.25) is 10.0 Å². The number of alkyl halides is 3. The fraction of sp³-hybridized carbons (Fsp3) is 0.538. The molecule has 0 spiro atoms. The van der Waals surface area contributed by atoms with Gasteiger partial charge in [0.05, 0.1) is 0 Å². The quantitative estimate of drug-likeness (QED) is 0.728. The van der Waals surface area contributed by atoms with E-state index in [0.29, 0.717) is 13.1 Å². The molecule has 0 radical (unpaired) electrons. The van der Waals surface area contributed by atoms with Gasteiger partial charge in [-0.3, -0.25) is 4.79 Å². The summed E-state index contributed by atoms with van der Waals surface area (Å²) in [6.45, 7) is -1.77. The van der Waals surface area contributed by atoms with Gasteiger partial charge in [-0.25, -0.2) is 13.2 Å². The number of nitrogens with zero attached hydrogens (tertiary/aromatic N) is 1. The van der Waals surface area contributed by atoms with Crippen molar-refractivity contribution >= 4 is 33.2 Å². The van der Waals surface area contributed by atoms with Gasteiger partial charge in [-0.05, 0) is 24.3 Å². The highest BCUT2D eigenvalue weighted by Crippen LogP contribution is 2.28. The Kier molecular flexibility index (Phi) is 6.06. The van der Waals surface area contributed by atoms with Crippen molar-refractivity contribution < 1.29 is 35.9 Å².